The Morgan fingerprint density at radius 1 is 1.33 bits per heavy atom. The molecule has 1 aromatic carbocycles. The lowest BCUT2D eigenvalue weighted by Crippen LogP contribution is -2.22. The molecule has 7 heteroatoms. The van der Waals surface area contributed by atoms with Crippen LogP contribution < -0.4 is 11.1 Å². The van der Waals surface area contributed by atoms with E-state index < -0.39 is 4.92 Å². The summed E-state index contributed by atoms with van der Waals surface area (Å²) in [4.78, 5) is 17.9. The van der Waals surface area contributed by atoms with E-state index in [2.05, 4.69) is 22.2 Å². The van der Waals surface area contributed by atoms with E-state index in [4.69, 9.17) is 5.73 Å². The zero-order valence-corrected chi connectivity index (χ0v) is 11.5. The van der Waals surface area contributed by atoms with Crippen molar-refractivity contribution in [3.63, 3.8) is 0 Å². The first kappa shape index (κ1) is 14.4. The van der Waals surface area contributed by atoms with Crippen molar-refractivity contribution < 1.29 is 4.92 Å². The van der Waals surface area contributed by atoms with Crippen molar-refractivity contribution in [2.45, 2.75) is 13.3 Å². The third kappa shape index (κ3) is 4.00. The maximum Gasteiger partial charge on any atom is 0.287 e. The van der Waals surface area contributed by atoms with Gasteiger partial charge < -0.3 is 11.1 Å². The van der Waals surface area contributed by atoms with Gasteiger partial charge in [0.15, 0.2) is 11.8 Å². The van der Waals surface area contributed by atoms with Gasteiger partial charge in [-0.15, -0.1) is 0 Å². The molecule has 3 N–H and O–H groups in total. The molecule has 1 aromatic heterocycles. The van der Waals surface area contributed by atoms with Gasteiger partial charge in [0.05, 0.1) is 4.92 Å². The van der Waals surface area contributed by atoms with Gasteiger partial charge in [0.25, 0.3) is 5.69 Å². The highest BCUT2D eigenvalue weighted by molar-refractivity contribution is 5.93. The van der Waals surface area contributed by atoms with E-state index in [0.717, 1.165) is 18.3 Å². The molecular formula is C14H15N5O2. The number of anilines is 1. The quantitative estimate of drug-likeness (QED) is 0.388. The van der Waals surface area contributed by atoms with E-state index in [0.29, 0.717) is 5.82 Å². The van der Waals surface area contributed by atoms with Crippen LogP contribution in [0.5, 0.6) is 0 Å². The number of nitro groups is 1. The molecule has 108 valence electrons. The van der Waals surface area contributed by atoms with E-state index in [-0.39, 0.29) is 11.6 Å². The standard InChI is InChI=1S/C14H15N5O2/c1-2-10-3-5-11(6-4-10)17-14(15)18-13-8-7-12(9-16-13)19(20)21/h3-9H,2H2,1H3,(H3,15,16,17,18). The molecule has 2 aromatic rings. The third-order valence-electron chi connectivity index (χ3n) is 2.81. The van der Waals surface area contributed by atoms with E-state index in [1.807, 2.05) is 24.3 Å². The predicted octanol–water partition coefficient (Wildman–Crippen LogP) is 2.61. The molecule has 0 radical (unpaired) electrons. The van der Waals surface area contributed by atoms with E-state index in [1.54, 1.807) is 0 Å². The average Bonchev–Trinajstić information content (AvgIpc) is 2.48. The van der Waals surface area contributed by atoms with Gasteiger partial charge in [-0.2, -0.15) is 4.99 Å². The number of aromatic nitrogens is 1. The van der Waals surface area contributed by atoms with Gasteiger partial charge in [-0.3, -0.25) is 10.1 Å². The van der Waals surface area contributed by atoms with Crippen molar-refractivity contribution in [2.24, 2.45) is 10.7 Å². The summed E-state index contributed by atoms with van der Waals surface area (Å²) < 4.78 is 0. The van der Waals surface area contributed by atoms with Gasteiger partial charge >= 0.3 is 0 Å². The van der Waals surface area contributed by atoms with Crippen LogP contribution in [0.2, 0.25) is 0 Å². The highest BCUT2D eigenvalue weighted by Gasteiger charge is 2.05. The highest BCUT2D eigenvalue weighted by Crippen LogP contribution is 2.14. The zero-order valence-electron chi connectivity index (χ0n) is 11.5. The first-order valence-corrected chi connectivity index (χ1v) is 6.39. The maximum absolute atomic E-state index is 10.5. The van der Waals surface area contributed by atoms with E-state index >= 15 is 0 Å². The number of pyridine rings is 1. The monoisotopic (exact) mass is 285 g/mol. The number of aliphatic imine (C=N–C) groups is 1. The smallest absolute Gasteiger partial charge is 0.287 e. The van der Waals surface area contributed by atoms with Crippen LogP contribution in [-0.2, 0) is 6.42 Å². The summed E-state index contributed by atoms with van der Waals surface area (Å²) in [5, 5.41) is 13.5. The lowest BCUT2D eigenvalue weighted by atomic mass is 10.1. The van der Waals surface area contributed by atoms with Gasteiger partial charge in [0.1, 0.15) is 6.20 Å². The molecule has 0 aliphatic carbocycles. The molecular weight excluding hydrogens is 270 g/mol. The van der Waals surface area contributed by atoms with Gasteiger partial charge in [-0.25, -0.2) is 4.98 Å². The largest absolute Gasteiger partial charge is 0.369 e. The summed E-state index contributed by atoms with van der Waals surface area (Å²) in [6, 6.07) is 10.6. The minimum absolute atomic E-state index is 0.0874. The first-order valence-electron chi connectivity index (χ1n) is 6.39. The SMILES string of the molecule is CCc1ccc(NC(N)=Nc2ccc([N+](=O)[O-])cn2)cc1. The molecule has 0 bridgehead atoms. The van der Waals surface area contributed by atoms with Gasteiger partial charge in [-0.05, 0) is 30.2 Å². The Hall–Kier alpha value is -2.96. The number of nitrogens with two attached hydrogens (primary N) is 1. The second kappa shape index (κ2) is 6.47. The molecule has 0 amide bonds. The zero-order chi connectivity index (χ0) is 15.2. The van der Waals surface area contributed by atoms with Gasteiger partial charge in [-0.1, -0.05) is 19.1 Å². The van der Waals surface area contributed by atoms with Crippen LogP contribution >= 0.6 is 0 Å². The fourth-order valence-corrected chi connectivity index (χ4v) is 1.68. The number of hydrogen-bond acceptors (Lipinski definition) is 4. The van der Waals surface area contributed by atoms with E-state index in [1.165, 1.54) is 17.7 Å². The van der Waals surface area contributed by atoms with Gasteiger partial charge in [0, 0.05) is 11.8 Å². The molecule has 0 aliphatic heterocycles. The Bertz CT molecular complexity index is 650. The summed E-state index contributed by atoms with van der Waals surface area (Å²) >= 11 is 0. The number of nitrogens with zero attached hydrogens (tertiary/aromatic N) is 3. The second-order valence-corrected chi connectivity index (χ2v) is 4.30. The number of hydrogen-bond donors (Lipinski definition) is 2. The normalized spacial score (nSPS) is 11.2. The molecule has 0 spiro atoms. The second-order valence-electron chi connectivity index (χ2n) is 4.30. The molecule has 0 aliphatic rings. The van der Waals surface area contributed by atoms with Crippen molar-refractivity contribution in [1.82, 2.24) is 4.98 Å². The van der Waals surface area contributed by atoms with Crippen molar-refractivity contribution in [3.05, 3.63) is 58.3 Å². The summed E-state index contributed by atoms with van der Waals surface area (Å²) in [5.74, 6) is 0.469. The van der Waals surface area contributed by atoms with Crippen molar-refractivity contribution in [1.29, 1.82) is 0 Å². The van der Waals surface area contributed by atoms with Crippen molar-refractivity contribution >= 4 is 23.2 Å². The van der Waals surface area contributed by atoms with Crippen LogP contribution in [0, 0.1) is 10.1 Å². The topological polar surface area (TPSA) is 106 Å². The van der Waals surface area contributed by atoms with Crippen molar-refractivity contribution in [3.8, 4) is 0 Å². The Morgan fingerprint density at radius 3 is 2.57 bits per heavy atom. The molecule has 0 saturated heterocycles. The van der Waals surface area contributed by atoms with E-state index in [9.17, 15) is 10.1 Å². The van der Waals surface area contributed by atoms with Crippen LogP contribution in [0.15, 0.2) is 47.6 Å². The number of rotatable bonds is 4. The first-order chi connectivity index (χ1) is 10.1. The van der Waals surface area contributed by atoms with Gasteiger partial charge in [0.2, 0.25) is 0 Å². The molecule has 7 nitrogen and oxygen atoms in total. The molecule has 0 saturated carbocycles. The molecule has 2 rings (SSSR count). The maximum atomic E-state index is 10.5. The Labute approximate surface area is 121 Å². The van der Waals surface area contributed by atoms with Crippen LogP contribution in [0.25, 0.3) is 0 Å². The number of guanidine groups is 1. The predicted molar refractivity (Wildman–Crippen MR) is 81.6 cm³/mol. The highest BCUT2D eigenvalue weighted by atomic mass is 16.6. The lowest BCUT2D eigenvalue weighted by molar-refractivity contribution is -0.385. The molecule has 1 heterocycles. The summed E-state index contributed by atoms with van der Waals surface area (Å²) in [6.07, 6.45) is 2.11. The Morgan fingerprint density at radius 2 is 2.05 bits per heavy atom. The fraction of sp³-hybridized carbons (Fsp3) is 0.143. The molecule has 0 unspecified atom stereocenters. The molecule has 0 atom stereocenters. The average molecular weight is 285 g/mol. The van der Waals surface area contributed by atoms with Crippen LogP contribution in [0.1, 0.15) is 12.5 Å². The van der Waals surface area contributed by atoms with Crippen LogP contribution in [0.4, 0.5) is 17.2 Å². The van der Waals surface area contributed by atoms with Crippen molar-refractivity contribution in [2.75, 3.05) is 5.32 Å². The minimum Gasteiger partial charge on any atom is -0.369 e. The number of nitrogens with one attached hydrogen (secondary N) is 1. The summed E-state index contributed by atoms with van der Waals surface area (Å²) in [6.45, 7) is 2.08. The summed E-state index contributed by atoms with van der Waals surface area (Å²) in [7, 11) is 0. The number of benzene rings is 1. The van der Waals surface area contributed by atoms with Crippen LogP contribution in [0.3, 0.4) is 0 Å². The summed E-state index contributed by atoms with van der Waals surface area (Å²) in [5.41, 5.74) is 7.73. The number of aryl methyl sites for hydroxylation is 1. The molecule has 21 heavy (non-hydrogen) atoms. The third-order valence-corrected chi connectivity index (χ3v) is 2.81. The van der Waals surface area contributed by atoms with Crippen LogP contribution in [-0.4, -0.2) is 15.9 Å². The Kier molecular flexibility index (Phi) is 4.45. The molecule has 0 fully saturated rings. The lowest BCUT2D eigenvalue weighted by Gasteiger charge is -2.06. The minimum atomic E-state index is -0.516. The fourth-order valence-electron chi connectivity index (χ4n) is 1.68. The Balaban J connectivity index is 2.07.